The molecule has 0 saturated heterocycles. The van der Waals surface area contributed by atoms with Crippen molar-refractivity contribution >= 4 is 21.8 Å². The number of nitrogens with zero attached hydrogens (tertiary/aromatic N) is 1. The minimum atomic E-state index is -0.136. The van der Waals surface area contributed by atoms with E-state index in [9.17, 15) is 4.79 Å². The van der Waals surface area contributed by atoms with Crippen molar-refractivity contribution in [2.24, 2.45) is 0 Å². The van der Waals surface area contributed by atoms with E-state index in [0.29, 0.717) is 12.1 Å². The van der Waals surface area contributed by atoms with Crippen LogP contribution in [0.5, 0.6) is 0 Å². The fraction of sp³-hybridized carbons (Fsp3) is 0.0909. The number of amides is 1. The molecule has 0 unspecified atom stereocenters. The lowest BCUT2D eigenvalue weighted by molar-refractivity contribution is 0.0950. The topological polar surface area (TPSA) is 57.8 Å². The Morgan fingerprint density at radius 1 is 1.50 bits per heavy atom. The molecule has 82 valence electrons. The van der Waals surface area contributed by atoms with Gasteiger partial charge >= 0.3 is 0 Å². The standard InChI is InChI=1S/C11H10BrN3O/c12-9-4-8(5-13-6-9)11(16)15-7-10-2-1-3-14-10/h1-6,14H,7H2,(H,15,16). The fourth-order valence-electron chi connectivity index (χ4n) is 1.29. The van der Waals surface area contributed by atoms with Gasteiger partial charge in [0.15, 0.2) is 0 Å². The molecule has 0 saturated carbocycles. The molecule has 0 aliphatic carbocycles. The van der Waals surface area contributed by atoms with Crippen molar-refractivity contribution in [3.63, 3.8) is 0 Å². The summed E-state index contributed by atoms with van der Waals surface area (Å²) in [5, 5.41) is 2.80. The first-order valence-corrected chi connectivity index (χ1v) is 5.56. The zero-order valence-corrected chi connectivity index (χ0v) is 9.99. The fourth-order valence-corrected chi connectivity index (χ4v) is 1.66. The highest BCUT2D eigenvalue weighted by Crippen LogP contribution is 2.09. The molecule has 2 rings (SSSR count). The Morgan fingerprint density at radius 2 is 2.38 bits per heavy atom. The third-order valence-corrected chi connectivity index (χ3v) is 2.50. The Bertz CT molecular complexity index is 482. The highest BCUT2D eigenvalue weighted by Gasteiger charge is 2.05. The van der Waals surface area contributed by atoms with E-state index in [1.807, 2.05) is 18.3 Å². The normalized spacial score (nSPS) is 10.1. The van der Waals surface area contributed by atoms with Gasteiger partial charge in [0.1, 0.15) is 0 Å². The van der Waals surface area contributed by atoms with Gasteiger partial charge < -0.3 is 10.3 Å². The monoisotopic (exact) mass is 279 g/mol. The van der Waals surface area contributed by atoms with Crippen LogP contribution in [0.4, 0.5) is 0 Å². The molecule has 4 nitrogen and oxygen atoms in total. The average molecular weight is 280 g/mol. The van der Waals surface area contributed by atoms with Gasteiger partial charge in [-0.05, 0) is 34.1 Å². The van der Waals surface area contributed by atoms with Crippen molar-refractivity contribution in [2.75, 3.05) is 0 Å². The van der Waals surface area contributed by atoms with Gasteiger partial charge in [0, 0.05) is 28.8 Å². The van der Waals surface area contributed by atoms with Crippen molar-refractivity contribution in [1.29, 1.82) is 0 Å². The van der Waals surface area contributed by atoms with Crippen molar-refractivity contribution in [3.8, 4) is 0 Å². The van der Waals surface area contributed by atoms with Crippen molar-refractivity contribution in [3.05, 3.63) is 52.5 Å². The lowest BCUT2D eigenvalue weighted by Crippen LogP contribution is -2.23. The summed E-state index contributed by atoms with van der Waals surface area (Å²) in [5.74, 6) is -0.136. The summed E-state index contributed by atoms with van der Waals surface area (Å²) in [6, 6.07) is 5.54. The molecule has 0 aromatic carbocycles. The molecule has 2 heterocycles. The van der Waals surface area contributed by atoms with E-state index in [-0.39, 0.29) is 5.91 Å². The number of aromatic nitrogens is 2. The molecule has 2 N–H and O–H groups in total. The molecule has 0 radical (unpaired) electrons. The Balaban J connectivity index is 1.98. The predicted molar refractivity (Wildman–Crippen MR) is 63.9 cm³/mol. The van der Waals surface area contributed by atoms with Gasteiger partial charge in [0.05, 0.1) is 12.1 Å². The summed E-state index contributed by atoms with van der Waals surface area (Å²) in [6.45, 7) is 0.484. The van der Waals surface area contributed by atoms with Crippen LogP contribution in [0.1, 0.15) is 16.1 Å². The van der Waals surface area contributed by atoms with E-state index >= 15 is 0 Å². The van der Waals surface area contributed by atoms with E-state index < -0.39 is 0 Å². The summed E-state index contributed by atoms with van der Waals surface area (Å²) in [6.07, 6.45) is 5.00. The van der Waals surface area contributed by atoms with E-state index in [4.69, 9.17) is 0 Å². The van der Waals surface area contributed by atoms with E-state index in [0.717, 1.165) is 10.2 Å². The molecule has 0 spiro atoms. The highest BCUT2D eigenvalue weighted by molar-refractivity contribution is 9.10. The molecule has 0 aliphatic rings. The Kier molecular flexibility index (Phi) is 3.36. The first kappa shape index (κ1) is 10.9. The van der Waals surface area contributed by atoms with Gasteiger partial charge in [-0.15, -0.1) is 0 Å². The predicted octanol–water partition coefficient (Wildman–Crippen LogP) is 2.10. The first-order chi connectivity index (χ1) is 7.75. The Hall–Kier alpha value is -1.62. The molecule has 16 heavy (non-hydrogen) atoms. The molecule has 1 amide bonds. The average Bonchev–Trinajstić information content (AvgIpc) is 2.78. The lowest BCUT2D eigenvalue weighted by Gasteiger charge is -2.03. The lowest BCUT2D eigenvalue weighted by atomic mass is 10.2. The van der Waals surface area contributed by atoms with Crippen LogP contribution < -0.4 is 5.32 Å². The third-order valence-electron chi connectivity index (χ3n) is 2.07. The summed E-state index contributed by atoms with van der Waals surface area (Å²) < 4.78 is 0.792. The third kappa shape index (κ3) is 2.70. The molecular weight excluding hydrogens is 270 g/mol. The van der Waals surface area contributed by atoms with Crippen LogP contribution in [0.25, 0.3) is 0 Å². The highest BCUT2D eigenvalue weighted by atomic mass is 79.9. The van der Waals surface area contributed by atoms with E-state index in [1.54, 1.807) is 12.3 Å². The summed E-state index contributed by atoms with van der Waals surface area (Å²) in [5.41, 5.74) is 1.51. The maximum atomic E-state index is 11.7. The molecule has 5 heteroatoms. The number of aromatic amines is 1. The summed E-state index contributed by atoms with van der Waals surface area (Å²) in [7, 11) is 0. The van der Waals surface area contributed by atoms with Gasteiger partial charge in [-0.2, -0.15) is 0 Å². The number of halogens is 1. The van der Waals surface area contributed by atoms with Gasteiger partial charge in [-0.3, -0.25) is 9.78 Å². The molecular formula is C11H10BrN3O. The number of rotatable bonds is 3. The van der Waals surface area contributed by atoms with Crippen molar-refractivity contribution in [2.45, 2.75) is 6.54 Å². The van der Waals surface area contributed by atoms with Gasteiger partial charge in [-0.25, -0.2) is 0 Å². The van der Waals surface area contributed by atoms with Gasteiger partial charge in [0.25, 0.3) is 5.91 Å². The smallest absolute Gasteiger partial charge is 0.253 e. The Labute approximate surface area is 101 Å². The zero-order valence-electron chi connectivity index (χ0n) is 8.40. The Morgan fingerprint density at radius 3 is 3.06 bits per heavy atom. The maximum absolute atomic E-state index is 11.7. The maximum Gasteiger partial charge on any atom is 0.253 e. The second kappa shape index (κ2) is 4.94. The SMILES string of the molecule is O=C(NCc1ccc[nH]1)c1cncc(Br)c1. The number of H-pyrrole nitrogens is 1. The van der Waals surface area contributed by atoms with Crippen LogP contribution in [0, 0.1) is 0 Å². The molecule has 0 aliphatic heterocycles. The molecule has 2 aromatic rings. The molecule has 0 atom stereocenters. The zero-order chi connectivity index (χ0) is 11.4. The summed E-state index contributed by atoms with van der Waals surface area (Å²) >= 11 is 3.27. The molecule has 0 fully saturated rings. The number of pyridine rings is 1. The van der Waals surface area contributed by atoms with Crippen LogP contribution >= 0.6 is 15.9 Å². The number of hydrogen-bond donors (Lipinski definition) is 2. The summed E-state index contributed by atoms with van der Waals surface area (Å²) in [4.78, 5) is 18.7. The van der Waals surface area contributed by atoms with Crippen LogP contribution in [-0.2, 0) is 6.54 Å². The number of carbonyl (C=O) groups excluding carboxylic acids is 1. The second-order valence-electron chi connectivity index (χ2n) is 3.27. The van der Waals surface area contributed by atoms with Crippen LogP contribution in [0.15, 0.2) is 41.3 Å². The van der Waals surface area contributed by atoms with Gasteiger partial charge in [-0.1, -0.05) is 0 Å². The van der Waals surface area contributed by atoms with Crippen LogP contribution in [0.2, 0.25) is 0 Å². The van der Waals surface area contributed by atoms with E-state index in [2.05, 4.69) is 31.2 Å². The van der Waals surface area contributed by atoms with Gasteiger partial charge in [0.2, 0.25) is 0 Å². The minimum Gasteiger partial charge on any atom is -0.364 e. The van der Waals surface area contributed by atoms with Crippen molar-refractivity contribution < 1.29 is 4.79 Å². The van der Waals surface area contributed by atoms with Crippen LogP contribution in [-0.4, -0.2) is 15.9 Å². The number of carbonyl (C=O) groups is 1. The van der Waals surface area contributed by atoms with Crippen molar-refractivity contribution in [1.82, 2.24) is 15.3 Å². The first-order valence-electron chi connectivity index (χ1n) is 4.77. The minimum absolute atomic E-state index is 0.136. The second-order valence-corrected chi connectivity index (χ2v) is 4.19. The van der Waals surface area contributed by atoms with E-state index in [1.165, 1.54) is 6.20 Å². The molecule has 0 bridgehead atoms. The van der Waals surface area contributed by atoms with Crippen LogP contribution in [0.3, 0.4) is 0 Å². The number of hydrogen-bond acceptors (Lipinski definition) is 2. The molecule has 2 aromatic heterocycles. The number of nitrogens with one attached hydrogen (secondary N) is 2. The quantitative estimate of drug-likeness (QED) is 0.904. The largest absolute Gasteiger partial charge is 0.364 e.